The van der Waals surface area contributed by atoms with Gasteiger partial charge in [-0.2, -0.15) is 0 Å². The lowest BCUT2D eigenvalue weighted by Gasteiger charge is -2.17. The zero-order valence-corrected chi connectivity index (χ0v) is 11.3. The Morgan fingerprint density at radius 2 is 1.83 bits per heavy atom. The van der Waals surface area contributed by atoms with Gasteiger partial charge in [-0.25, -0.2) is 4.98 Å². The van der Waals surface area contributed by atoms with Gasteiger partial charge in [0.15, 0.2) is 0 Å². The Balaban J connectivity index is 2.26. The van der Waals surface area contributed by atoms with E-state index in [0.717, 1.165) is 12.4 Å². The van der Waals surface area contributed by atoms with Crippen LogP contribution in [-0.2, 0) is 0 Å². The van der Waals surface area contributed by atoms with E-state index in [0.29, 0.717) is 5.92 Å². The van der Waals surface area contributed by atoms with Crippen molar-refractivity contribution in [1.29, 1.82) is 0 Å². The maximum Gasteiger partial charge on any atom is 0.127 e. The third-order valence-corrected chi connectivity index (χ3v) is 3.14. The Kier molecular flexibility index (Phi) is 4.15. The van der Waals surface area contributed by atoms with Gasteiger partial charge in [0.25, 0.3) is 0 Å². The fraction of sp³-hybridized carbons (Fsp3) is 0.400. The van der Waals surface area contributed by atoms with E-state index >= 15 is 0 Å². The molecule has 0 radical (unpaired) electrons. The van der Waals surface area contributed by atoms with Crippen molar-refractivity contribution in [3.8, 4) is 0 Å². The third kappa shape index (κ3) is 2.79. The molecule has 96 valence electrons. The fourth-order valence-corrected chi connectivity index (χ4v) is 2.09. The Morgan fingerprint density at radius 1 is 1.17 bits per heavy atom. The summed E-state index contributed by atoms with van der Waals surface area (Å²) >= 11 is 0. The third-order valence-electron chi connectivity index (χ3n) is 3.14. The summed E-state index contributed by atoms with van der Waals surface area (Å²) in [5.41, 5.74) is 2.62. The molecular formula is C15H21N3. The summed E-state index contributed by atoms with van der Waals surface area (Å²) in [6.07, 6.45) is 3.66. The molecule has 3 heteroatoms. The molecule has 1 aromatic heterocycles. The summed E-state index contributed by atoms with van der Waals surface area (Å²) < 4.78 is 0. The number of nitrogens with one attached hydrogen (secondary N) is 2. The summed E-state index contributed by atoms with van der Waals surface area (Å²) in [4.78, 5) is 7.54. The number of nitrogens with zero attached hydrogens (tertiary/aromatic N) is 1. The molecule has 0 saturated heterocycles. The zero-order valence-electron chi connectivity index (χ0n) is 11.3. The molecule has 0 saturated carbocycles. The molecule has 1 unspecified atom stereocenters. The van der Waals surface area contributed by atoms with Crippen LogP contribution in [-0.4, -0.2) is 16.5 Å². The Labute approximate surface area is 109 Å². The lowest BCUT2D eigenvalue weighted by atomic mass is 9.99. The fourth-order valence-electron chi connectivity index (χ4n) is 2.09. The van der Waals surface area contributed by atoms with Crippen molar-refractivity contribution in [1.82, 2.24) is 15.3 Å². The van der Waals surface area contributed by atoms with Gasteiger partial charge in [0.2, 0.25) is 0 Å². The normalized spacial score (nSPS) is 12.9. The van der Waals surface area contributed by atoms with E-state index in [1.165, 1.54) is 11.1 Å². The van der Waals surface area contributed by atoms with Gasteiger partial charge in [-0.3, -0.25) is 0 Å². The maximum absolute atomic E-state index is 4.35. The molecule has 2 N–H and O–H groups in total. The molecule has 2 aromatic rings. The van der Waals surface area contributed by atoms with Crippen LogP contribution in [0.5, 0.6) is 0 Å². The lowest BCUT2D eigenvalue weighted by molar-refractivity contribution is 0.603. The highest BCUT2D eigenvalue weighted by Crippen LogP contribution is 2.21. The molecule has 0 aliphatic rings. The smallest absolute Gasteiger partial charge is 0.127 e. The molecule has 3 nitrogen and oxygen atoms in total. The van der Waals surface area contributed by atoms with Crippen molar-refractivity contribution in [3.05, 3.63) is 53.6 Å². The van der Waals surface area contributed by atoms with Gasteiger partial charge in [0, 0.05) is 12.4 Å². The van der Waals surface area contributed by atoms with Crippen molar-refractivity contribution in [2.24, 2.45) is 0 Å². The second-order valence-corrected chi connectivity index (χ2v) is 4.79. The van der Waals surface area contributed by atoms with Crippen molar-refractivity contribution >= 4 is 0 Å². The number of hydrogen-bond acceptors (Lipinski definition) is 2. The van der Waals surface area contributed by atoms with Crippen LogP contribution in [0.4, 0.5) is 0 Å². The SMILES string of the molecule is CCNC(c1ccc(C(C)C)cc1)c1ncc[nH]1. The zero-order chi connectivity index (χ0) is 13.0. The number of hydrogen-bond donors (Lipinski definition) is 2. The van der Waals surface area contributed by atoms with Gasteiger partial charge >= 0.3 is 0 Å². The molecular weight excluding hydrogens is 222 g/mol. The van der Waals surface area contributed by atoms with Crippen LogP contribution in [0, 0.1) is 0 Å². The first-order chi connectivity index (χ1) is 8.72. The summed E-state index contributed by atoms with van der Waals surface area (Å²) in [6, 6.07) is 8.92. The van der Waals surface area contributed by atoms with Gasteiger partial charge in [0.1, 0.15) is 5.82 Å². The molecule has 0 spiro atoms. The van der Waals surface area contributed by atoms with E-state index in [1.807, 2.05) is 6.20 Å². The van der Waals surface area contributed by atoms with Crippen molar-refractivity contribution < 1.29 is 0 Å². The molecule has 18 heavy (non-hydrogen) atoms. The topological polar surface area (TPSA) is 40.7 Å². The average molecular weight is 243 g/mol. The Morgan fingerprint density at radius 3 is 2.33 bits per heavy atom. The molecule has 2 rings (SSSR count). The molecule has 1 atom stereocenters. The first-order valence-electron chi connectivity index (χ1n) is 6.55. The first kappa shape index (κ1) is 12.8. The highest BCUT2D eigenvalue weighted by atomic mass is 15.0. The standard InChI is InChI=1S/C15H21N3/c1-4-16-14(15-17-9-10-18-15)13-7-5-12(6-8-13)11(2)3/h5-11,14,16H,4H2,1-3H3,(H,17,18). The molecule has 0 bridgehead atoms. The highest BCUT2D eigenvalue weighted by Gasteiger charge is 2.15. The Bertz CT molecular complexity index is 457. The van der Waals surface area contributed by atoms with E-state index in [-0.39, 0.29) is 6.04 Å². The molecule has 0 aliphatic carbocycles. The number of H-pyrrole nitrogens is 1. The van der Waals surface area contributed by atoms with Gasteiger partial charge in [0.05, 0.1) is 6.04 Å². The predicted molar refractivity (Wildman–Crippen MR) is 74.6 cm³/mol. The molecule has 1 aromatic carbocycles. The Hall–Kier alpha value is -1.61. The van der Waals surface area contributed by atoms with Crippen LogP contribution >= 0.6 is 0 Å². The van der Waals surface area contributed by atoms with Crippen molar-refractivity contribution in [3.63, 3.8) is 0 Å². The van der Waals surface area contributed by atoms with Crippen molar-refractivity contribution in [2.45, 2.75) is 32.7 Å². The molecule has 0 fully saturated rings. The minimum Gasteiger partial charge on any atom is -0.347 e. The summed E-state index contributed by atoms with van der Waals surface area (Å²) in [7, 11) is 0. The van der Waals surface area contributed by atoms with Crippen LogP contribution in [0.1, 0.15) is 49.7 Å². The second kappa shape index (κ2) is 5.83. The van der Waals surface area contributed by atoms with Gasteiger partial charge in [-0.05, 0) is 23.6 Å². The number of aromatic nitrogens is 2. The van der Waals surface area contributed by atoms with Gasteiger partial charge < -0.3 is 10.3 Å². The molecule has 0 amide bonds. The number of aromatic amines is 1. The summed E-state index contributed by atoms with van der Waals surface area (Å²) in [5.74, 6) is 1.54. The number of rotatable bonds is 5. The number of benzene rings is 1. The minimum atomic E-state index is 0.145. The van der Waals surface area contributed by atoms with Crippen molar-refractivity contribution in [2.75, 3.05) is 6.54 Å². The van der Waals surface area contributed by atoms with Crippen LogP contribution in [0.2, 0.25) is 0 Å². The lowest BCUT2D eigenvalue weighted by Crippen LogP contribution is -2.23. The van der Waals surface area contributed by atoms with E-state index in [1.54, 1.807) is 6.20 Å². The van der Waals surface area contributed by atoms with E-state index in [9.17, 15) is 0 Å². The maximum atomic E-state index is 4.35. The van der Waals surface area contributed by atoms with E-state index in [4.69, 9.17) is 0 Å². The predicted octanol–water partition coefficient (Wildman–Crippen LogP) is 3.23. The van der Waals surface area contributed by atoms with E-state index in [2.05, 4.69) is 60.3 Å². The minimum absolute atomic E-state index is 0.145. The summed E-state index contributed by atoms with van der Waals surface area (Å²) in [5, 5.41) is 3.46. The first-order valence-corrected chi connectivity index (χ1v) is 6.55. The van der Waals surface area contributed by atoms with Gasteiger partial charge in [-0.1, -0.05) is 45.0 Å². The summed E-state index contributed by atoms with van der Waals surface area (Å²) in [6.45, 7) is 7.45. The van der Waals surface area contributed by atoms with Gasteiger partial charge in [-0.15, -0.1) is 0 Å². The molecule has 0 aliphatic heterocycles. The van der Waals surface area contributed by atoms with Crippen LogP contribution < -0.4 is 5.32 Å². The van der Waals surface area contributed by atoms with E-state index < -0.39 is 0 Å². The molecule has 1 heterocycles. The average Bonchev–Trinajstić information content (AvgIpc) is 2.90. The van der Waals surface area contributed by atoms with Crippen LogP contribution in [0.15, 0.2) is 36.7 Å². The van der Waals surface area contributed by atoms with Crippen LogP contribution in [0.25, 0.3) is 0 Å². The second-order valence-electron chi connectivity index (χ2n) is 4.79. The largest absolute Gasteiger partial charge is 0.347 e. The quantitative estimate of drug-likeness (QED) is 0.846. The highest BCUT2D eigenvalue weighted by molar-refractivity contribution is 5.30. The number of imidazole rings is 1. The monoisotopic (exact) mass is 243 g/mol. The van der Waals surface area contributed by atoms with Crippen LogP contribution in [0.3, 0.4) is 0 Å².